The Morgan fingerprint density at radius 1 is 1.21 bits per heavy atom. The third-order valence-electron chi connectivity index (χ3n) is 5.77. The van der Waals surface area contributed by atoms with E-state index < -0.39 is 5.92 Å². The number of rotatable bonds is 6. The van der Waals surface area contributed by atoms with Gasteiger partial charge in [-0.15, -0.1) is 0 Å². The van der Waals surface area contributed by atoms with Gasteiger partial charge >= 0.3 is 0 Å². The number of ketones is 1. The minimum Gasteiger partial charge on any atom is -0.490 e. The van der Waals surface area contributed by atoms with Crippen LogP contribution < -0.4 is 15.2 Å². The second-order valence-electron chi connectivity index (χ2n) is 8.08. The average Bonchev–Trinajstić information content (AvgIpc) is 2.79. The van der Waals surface area contributed by atoms with Gasteiger partial charge in [-0.25, -0.2) is 0 Å². The van der Waals surface area contributed by atoms with Crippen molar-refractivity contribution in [2.45, 2.75) is 45.6 Å². The molecule has 0 spiro atoms. The van der Waals surface area contributed by atoms with Crippen molar-refractivity contribution < 1.29 is 19.0 Å². The molecule has 0 saturated heterocycles. The molecule has 2 aliphatic rings. The lowest BCUT2D eigenvalue weighted by atomic mass is 9.77. The summed E-state index contributed by atoms with van der Waals surface area (Å²) >= 11 is 2.21. The highest BCUT2D eigenvalue weighted by molar-refractivity contribution is 14.1. The van der Waals surface area contributed by atoms with Crippen LogP contribution in [0.1, 0.15) is 48.8 Å². The van der Waals surface area contributed by atoms with E-state index in [2.05, 4.69) is 28.7 Å². The normalized spacial score (nSPS) is 17.9. The quantitative estimate of drug-likeness (QED) is 0.480. The van der Waals surface area contributed by atoms with E-state index in [0.717, 1.165) is 14.7 Å². The molecule has 1 aliphatic heterocycles. The van der Waals surface area contributed by atoms with Crippen LogP contribution in [0.3, 0.4) is 0 Å². The van der Waals surface area contributed by atoms with Crippen molar-refractivity contribution >= 4 is 28.4 Å². The number of nitrogens with two attached hydrogens (primary N) is 1. The van der Waals surface area contributed by atoms with Crippen molar-refractivity contribution in [3.05, 3.63) is 79.4 Å². The summed E-state index contributed by atoms with van der Waals surface area (Å²) < 4.78 is 18.6. The van der Waals surface area contributed by atoms with Crippen molar-refractivity contribution in [3.63, 3.8) is 0 Å². The topological polar surface area (TPSA) is 94.6 Å². The van der Waals surface area contributed by atoms with Gasteiger partial charge in [-0.1, -0.05) is 29.8 Å². The van der Waals surface area contributed by atoms with Crippen molar-refractivity contribution in [1.29, 1.82) is 5.26 Å². The number of Topliss-reactive ketones (excluding diaryl/α,β-unsaturated/α-hetero) is 1. The molecule has 1 atom stereocenters. The number of nitriles is 1. The summed E-state index contributed by atoms with van der Waals surface area (Å²) in [6, 6.07) is 14.1. The molecular weight excluding hydrogens is 531 g/mol. The van der Waals surface area contributed by atoms with Crippen molar-refractivity contribution in [1.82, 2.24) is 0 Å². The number of hydrogen-bond acceptors (Lipinski definition) is 6. The second-order valence-corrected chi connectivity index (χ2v) is 9.24. The molecular formula is C26H25IN2O4. The van der Waals surface area contributed by atoms with Crippen LogP contribution in [0, 0.1) is 21.8 Å². The van der Waals surface area contributed by atoms with Gasteiger partial charge < -0.3 is 19.9 Å². The number of nitrogens with zero attached hydrogens (tertiary/aromatic N) is 1. The van der Waals surface area contributed by atoms with Crippen LogP contribution in [-0.4, -0.2) is 12.4 Å². The van der Waals surface area contributed by atoms with Crippen LogP contribution in [0.25, 0.3) is 0 Å². The predicted molar refractivity (Wildman–Crippen MR) is 132 cm³/mol. The monoisotopic (exact) mass is 556 g/mol. The van der Waals surface area contributed by atoms with E-state index >= 15 is 0 Å². The van der Waals surface area contributed by atoms with Crippen molar-refractivity contribution in [2.75, 3.05) is 6.61 Å². The van der Waals surface area contributed by atoms with E-state index in [1.54, 1.807) is 0 Å². The molecule has 0 fully saturated rings. The number of benzene rings is 2. The summed E-state index contributed by atoms with van der Waals surface area (Å²) in [5.74, 6) is 1.25. The first-order valence-corrected chi connectivity index (χ1v) is 12.0. The highest BCUT2D eigenvalue weighted by Crippen LogP contribution is 2.46. The van der Waals surface area contributed by atoms with Crippen molar-refractivity contribution in [3.8, 4) is 17.6 Å². The Kier molecular flexibility index (Phi) is 6.94. The highest BCUT2D eigenvalue weighted by atomic mass is 127. The highest BCUT2D eigenvalue weighted by Gasteiger charge is 2.38. The second kappa shape index (κ2) is 9.87. The lowest BCUT2D eigenvalue weighted by molar-refractivity contribution is -0.116. The van der Waals surface area contributed by atoms with Gasteiger partial charge in [0.05, 0.1) is 16.1 Å². The molecule has 0 radical (unpaired) electrons. The summed E-state index contributed by atoms with van der Waals surface area (Å²) in [6.45, 7) is 4.80. The van der Waals surface area contributed by atoms with E-state index in [9.17, 15) is 10.1 Å². The maximum Gasteiger partial charge on any atom is 0.205 e. The molecule has 4 rings (SSSR count). The third-order valence-corrected chi connectivity index (χ3v) is 6.58. The lowest BCUT2D eigenvalue weighted by Crippen LogP contribution is -2.27. The Labute approximate surface area is 207 Å². The molecule has 1 aliphatic carbocycles. The molecule has 170 valence electrons. The number of carbonyl (C=O) groups is 1. The minimum atomic E-state index is -0.578. The smallest absolute Gasteiger partial charge is 0.205 e. The van der Waals surface area contributed by atoms with Gasteiger partial charge in [0.25, 0.3) is 0 Å². The number of ether oxygens (including phenoxy) is 3. The van der Waals surface area contributed by atoms with E-state index in [-0.39, 0.29) is 17.2 Å². The van der Waals surface area contributed by atoms with Crippen molar-refractivity contribution in [2.24, 2.45) is 5.73 Å². The molecule has 33 heavy (non-hydrogen) atoms. The Morgan fingerprint density at radius 3 is 2.67 bits per heavy atom. The van der Waals surface area contributed by atoms with E-state index in [1.807, 2.05) is 50.2 Å². The molecule has 0 aromatic heterocycles. The molecule has 0 unspecified atom stereocenters. The van der Waals surface area contributed by atoms with E-state index in [0.29, 0.717) is 55.3 Å². The van der Waals surface area contributed by atoms with E-state index in [4.69, 9.17) is 19.9 Å². The fourth-order valence-corrected chi connectivity index (χ4v) is 4.97. The molecule has 0 bridgehead atoms. The molecule has 7 heteroatoms. The van der Waals surface area contributed by atoms with Crippen LogP contribution in [0.5, 0.6) is 11.5 Å². The minimum absolute atomic E-state index is 0.00540. The summed E-state index contributed by atoms with van der Waals surface area (Å²) in [6.07, 6.45) is 1.78. The van der Waals surface area contributed by atoms with Crippen LogP contribution in [0.4, 0.5) is 0 Å². The Balaban J connectivity index is 1.75. The van der Waals surface area contributed by atoms with Gasteiger partial charge in [-0.3, -0.25) is 4.79 Å². The fraction of sp³-hybridized carbons (Fsp3) is 0.308. The predicted octanol–water partition coefficient (Wildman–Crippen LogP) is 5.39. The van der Waals surface area contributed by atoms with Gasteiger partial charge in [0.2, 0.25) is 5.88 Å². The molecule has 2 N–H and O–H groups in total. The standard InChI is InChI=1S/C26H25IN2O4/c1-3-31-22-12-17(11-19(27)25(22)32-14-16-9-7-15(2)8-10-16)23-18(13-28)26(29)33-21-6-4-5-20(30)24(21)23/h7-12,23H,3-6,14,29H2,1-2H3/t23-/m0/s1. The molecule has 1 heterocycles. The van der Waals surface area contributed by atoms with E-state index in [1.165, 1.54) is 5.56 Å². The zero-order valence-electron chi connectivity index (χ0n) is 18.6. The number of aryl methyl sites for hydroxylation is 1. The number of allylic oxidation sites excluding steroid dienone is 3. The molecule has 6 nitrogen and oxygen atoms in total. The van der Waals surface area contributed by atoms with Crippen LogP contribution in [0.2, 0.25) is 0 Å². The number of halogens is 1. The van der Waals surface area contributed by atoms with Gasteiger partial charge in [-0.05, 0) is 66.1 Å². The first-order chi connectivity index (χ1) is 15.9. The van der Waals surface area contributed by atoms with Gasteiger partial charge in [0, 0.05) is 18.4 Å². The maximum absolute atomic E-state index is 12.9. The van der Waals surface area contributed by atoms with Crippen LogP contribution >= 0.6 is 22.6 Å². The average molecular weight is 556 g/mol. The Morgan fingerprint density at radius 2 is 1.97 bits per heavy atom. The zero-order chi connectivity index (χ0) is 23.5. The summed E-state index contributed by atoms with van der Waals surface area (Å²) in [7, 11) is 0. The maximum atomic E-state index is 12.9. The zero-order valence-corrected chi connectivity index (χ0v) is 20.8. The fourth-order valence-electron chi connectivity index (χ4n) is 4.19. The first-order valence-electron chi connectivity index (χ1n) is 10.9. The third kappa shape index (κ3) is 4.71. The largest absolute Gasteiger partial charge is 0.490 e. The number of hydrogen-bond donors (Lipinski definition) is 1. The van der Waals surface area contributed by atoms with Gasteiger partial charge in [-0.2, -0.15) is 5.26 Å². The molecule has 2 aromatic rings. The number of carbonyl (C=O) groups excluding carboxylic acids is 1. The lowest BCUT2D eigenvalue weighted by Gasteiger charge is -2.31. The molecule has 2 aromatic carbocycles. The SMILES string of the molecule is CCOc1cc([C@H]2C(C#N)=C(N)OC3=C2C(=O)CCC3)cc(I)c1OCc1ccc(C)cc1. The summed E-state index contributed by atoms with van der Waals surface area (Å²) in [5, 5.41) is 9.84. The summed E-state index contributed by atoms with van der Waals surface area (Å²) in [4.78, 5) is 12.9. The molecule has 0 saturated carbocycles. The first kappa shape index (κ1) is 23.2. The Hall–Kier alpha value is -2.99. The van der Waals surface area contributed by atoms with Gasteiger partial charge in [0.15, 0.2) is 17.3 Å². The summed E-state index contributed by atoms with van der Waals surface area (Å²) in [5.41, 5.74) is 9.86. The van der Waals surface area contributed by atoms with Crippen LogP contribution in [-0.2, 0) is 16.1 Å². The Bertz CT molecular complexity index is 1190. The molecule has 0 amide bonds. The van der Waals surface area contributed by atoms with Crippen LogP contribution in [0.15, 0.2) is 59.2 Å². The van der Waals surface area contributed by atoms with Gasteiger partial charge in [0.1, 0.15) is 24.0 Å².